The number of nitrogens with zero attached hydrogens (tertiary/aromatic N) is 1. The monoisotopic (exact) mass is 669 g/mol. The van der Waals surface area contributed by atoms with Crippen LogP contribution in [0.2, 0.25) is 0 Å². The van der Waals surface area contributed by atoms with Crippen molar-refractivity contribution in [1.29, 1.82) is 0 Å². The first-order valence-electron chi connectivity index (χ1n) is 17.0. The summed E-state index contributed by atoms with van der Waals surface area (Å²) in [5, 5.41) is 12.7. The van der Waals surface area contributed by atoms with Crippen LogP contribution < -0.4 is 0 Å². The van der Waals surface area contributed by atoms with Crippen LogP contribution in [0.1, 0.15) is 0 Å². The van der Waals surface area contributed by atoms with Crippen molar-refractivity contribution in [2.75, 3.05) is 0 Å². The second kappa shape index (κ2) is 10.8. The predicted molar refractivity (Wildman–Crippen MR) is 218 cm³/mol. The van der Waals surface area contributed by atoms with Gasteiger partial charge in [0, 0.05) is 26.3 Å². The minimum Gasteiger partial charge on any atom is -0.236 e. The van der Waals surface area contributed by atoms with Crippen molar-refractivity contribution >= 4 is 86.1 Å². The van der Waals surface area contributed by atoms with Crippen LogP contribution in [0.5, 0.6) is 0 Å². The Hall–Kier alpha value is -5.87. The molecule has 2 aromatic heterocycles. The highest BCUT2D eigenvalue weighted by atomic mass is 32.1. The predicted octanol–water partition coefficient (Wildman–Crippen LogP) is 14.2. The van der Waals surface area contributed by atoms with E-state index in [-0.39, 0.29) is 0 Å². The summed E-state index contributed by atoms with van der Waals surface area (Å²) < 4.78 is 2.49. The Morgan fingerprint density at radius 2 is 1.02 bits per heavy atom. The normalized spacial score (nSPS) is 12.0. The number of fused-ring (bicyclic) bond motifs is 5. The molecule has 9 aromatic carbocycles. The average Bonchev–Trinajstić information content (AvgIpc) is 3.82. The highest BCUT2D eigenvalue weighted by Crippen LogP contribution is 2.53. The molecule has 0 unspecified atom stereocenters. The van der Waals surface area contributed by atoms with E-state index in [1.54, 1.807) is 11.3 Å². The van der Waals surface area contributed by atoms with E-state index in [0.29, 0.717) is 0 Å². The van der Waals surface area contributed by atoms with Crippen molar-refractivity contribution in [1.82, 2.24) is 4.98 Å². The lowest BCUT2D eigenvalue weighted by molar-refractivity contribution is 1.47. The minimum atomic E-state index is 1.03. The van der Waals surface area contributed by atoms with Gasteiger partial charge in [-0.3, -0.25) is 0 Å². The topological polar surface area (TPSA) is 12.9 Å². The van der Waals surface area contributed by atoms with Gasteiger partial charge in [0.2, 0.25) is 0 Å². The fraction of sp³-hybridized carbons (Fsp3) is 0. The zero-order valence-electron chi connectivity index (χ0n) is 26.9. The second-order valence-electron chi connectivity index (χ2n) is 13.0. The lowest BCUT2D eigenvalue weighted by atomic mass is 9.81. The summed E-state index contributed by atoms with van der Waals surface area (Å²) >= 11 is 3.65. The molecular formula is C47H27NS2. The van der Waals surface area contributed by atoms with Gasteiger partial charge >= 0.3 is 0 Å². The number of aromatic nitrogens is 1. The van der Waals surface area contributed by atoms with Gasteiger partial charge in [0.05, 0.1) is 10.2 Å². The van der Waals surface area contributed by atoms with E-state index in [1.807, 2.05) is 11.3 Å². The number of thiazole rings is 1. The van der Waals surface area contributed by atoms with Crippen LogP contribution in [0.15, 0.2) is 164 Å². The van der Waals surface area contributed by atoms with Crippen molar-refractivity contribution in [3.8, 4) is 43.3 Å². The van der Waals surface area contributed by atoms with E-state index in [4.69, 9.17) is 4.98 Å². The smallest absolute Gasteiger partial charge is 0.125 e. The lowest BCUT2D eigenvalue weighted by Crippen LogP contribution is -1.96. The van der Waals surface area contributed by atoms with E-state index in [9.17, 15) is 0 Å². The molecule has 0 amide bonds. The SMILES string of the molecule is c1ccc(-c2ccc(-c3cc4ccccc4s3)c(-c3nc4ccccc4s3)c2-c2ccc3ccc4cccc5c6ccccc6c2c3c45)cc1. The molecule has 1 nitrogen and oxygen atoms in total. The zero-order chi connectivity index (χ0) is 32.8. The maximum atomic E-state index is 5.39. The maximum Gasteiger partial charge on any atom is 0.125 e. The number of para-hydroxylation sites is 1. The standard InChI is InChI=1S/C47H27NS2/c1-2-11-28(12-3-1)32-25-26-36(41-27-31-13-4-8-19-39(31)49-41)46(47-48-38-18-7-9-20-40(38)50-47)44(32)37-24-23-30-22-21-29-14-10-17-34-33-15-5-6-16-35(33)45(37)43(30)42(29)34/h1-27H. The highest BCUT2D eigenvalue weighted by Gasteiger charge is 2.26. The third-order valence-electron chi connectivity index (χ3n) is 10.3. The van der Waals surface area contributed by atoms with Gasteiger partial charge in [-0.2, -0.15) is 0 Å². The Labute approximate surface area is 296 Å². The molecule has 0 saturated heterocycles. The fourth-order valence-corrected chi connectivity index (χ4v) is 10.2. The summed E-state index contributed by atoms with van der Waals surface area (Å²) in [6, 6.07) is 60.2. The summed E-state index contributed by atoms with van der Waals surface area (Å²) in [4.78, 5) is 6.64. The van der Waals surface area contributed by atoms with Crippen LogP contribution in [0.25, 0.3) is 107 Å². The molecule has 0 saturated carbocycles. The molecule has 0 spiro atoms. The molecule has 0 aliphatic heterocycles. The molecule has 11 aromatic rings. The van der Waals surface area contributed by atoms with Gasteiger partial charge in [0.25, 0.3) is 0 Å². The maximum absolute atomic E-state index is 5.39. The van der Waals surface area contributed by atoms with Crippen LogP contribution >= 0.6 is 22.7 Å². The van der Waals surface area contributed by atoms with E-state index >= 15 is 0 Å². The molecule has 50 heavy (non-hydrogen) atoms. The van der Waals surface area contributed by atoms with E-state index in [2.05, 4.69) is 164 Å². The first-order chi connectivity index (χ1) is 24.8. The van der Waals surface area contributed by atoms with Crippen LogP contribution in [0.4, 0.5) is 0 Å². The first kappa shape index (κ1) is 28.0. The summed E-state index contributed by atoms with van der Waals surface area (Å²) in [6.07, 6.45) is 0. The van der Waals surface area contributed by atoms with Gasteiger partial charge in [-0.05, 0) is 89.4 Å². The van der Waals surface area contributed by atoms with Crippen LogP contribution in [-0.4, -0.2) is 4.98 Å². The molecule has 0 atom stereocenters. The van der Waals surface area contributed by atoms with Crippen molar-refractivity contribution in [2.24, 2.45) is 0 Å². The molecule has 0 fully saturated rings. The molecule has 0 aliphatic rings. The Kier molecular flexibility index (Phi) is 6.06. The molecule has 232 valence electrons. The van der Waals surface area contributed by atoms with E-state index in [1.165, 1.54) is 96.1 Å². The number of thiophene rings is 1. The number of hydrogen-bond acceptors (Lipinski definition) is 3. The van der Waals surface area contributed by atoms with Gasteiger partial charge in [0.15, 0.2) is 0 Å². The summed E-state index contributed by atoms with van der Waals surface area (Å²) in [5.74, 6) is 0. The third kappa shape index (κ3) is 4.08. The third-order valence-corrected chi connectivity index (χ3v) is 12.5. The van der Waals surface area contributed by atoms with E-state index < -0.39 is 0 Å². The van der Waals surface area contributed by atoms with Crippen molar-refractivity contribution in [2.45, 2.75) is 0 Å². The highest BCUT2D eigenvalue weighted by molar-refractivity contribution is 7.23. The Morgan fingerprint density at radius 1 is 0.380 bits per heavy atom. The first-order valence-corrected chi connectivity index (χ1v) is 18.6. The number of hydrogen-bond donors (Lipinski definition) is 0. The number of rotatable bonds is 4. The quantitative estimate of drug-likeness (QED) is 0.134. The molecule has 0 N–H and O–H groups in total. The lowest BCUT2D eigenvalue weighted by Gasteiger charge is -2.22. The summed E-state index contributed by atoms with van der Waals surface area (Å²) in [6.45, 7) is 0. The molecule has 11 rings (SSSR count). The molecular weight excluding hydrogens is 643 g/mol. The van der Waals surface area contributed by atoms with Crippen LogP contribution in [-0.2, 0) is 0 Å². The number of benzene rings is 9. The van der Waals surface area contributed by atoms with Crippen molar-refractivity contribution in [3.05, 3.63) is 164 Å². The van der Waals surface area contributed by atoms with Crippen molar-refractivity contribution in [3.63, 3.8) is 0 Å². The summed E-state index contributed by atoms with van der Waals surface area (Å²) in [7, 11) is 0. The average molecular weight is 670 g/mol. The van der Waals surface area contributed by atoms with Gasteiger partial charge in [-0.1, -0.05) is 140 Å². The Bertz CT molecular complexity index is 3030. The molecule has 3 heteroatoms. The minimum absolute atomic E-state index is 1.03. The molecule has 0 bridgehead atoms. The zero-order valence-corrected chi connectivity index (χ0v) is 28.5. The van der Waals surface area contributed by atoms with E-state index in [0.717, 1.165) is 10.5 Å². The Balaban J connectivity index is 1.37. The van der Waals surface area contributed by atoms with Gasteiger partial charge < -0.3 is 0 Å². The molecule has 0 radical (unpaired) electrons. The van der Waals surface area contributed by atoms with Crippen LogP contribution in [0, 0.1) is 0 Å². The van der Waals surface area contributed by atoms with Gasteiger partial charge in [0.1, 0.15) is 5.01 Å². The van der Waals surface area contributed by atoms with Crippen LogP contribution in [0.3, 0.4) is 0 Å². The van der Waals surface area contributed by atoms with Gasteiger partial charge in [-0.25, -0.2) is 4.98 Å². The molecule has 2 heterocycles. The largest absolute Gasteiger partial charge is 0.236 e. The van der Waals surface area contributed by atoms with Gasteiger partial charge in [-0.15, -0.1) is 22.7 Å². The second-order valence-corrected chi connectivity index (χ2v) is 15.1. The molecule has 0 aliphatic carbocycles. The van der Waals surface area contributed by atoms with Crippen molar-refractivity contribution < 1.29 is 0 Å². The Morgan fingerprint density at radius 3 is 1.88 bits per heavy atom. The fourth-order valence-electron chi connectivity index (χ4n) is 8.11. The summed E-state index contributed by atoms with van der Waals surface area (Å²) in [5.41, 5.74) is 8.32.